The molecule has 0 aliphatic heterocycles. The average molecular weight is 345 g/mol. The molecule has 0 fully saturated rings. The Kier molecular flexibility index (Phi) is 4.46. The summed E-state index contributed by atoms with van der Waals surface area (Å²) in [7, 11) is 0. The topological polar surface area (TPSA) is 121 Å². The molecule has 11 heteroatoms. The Hall–Kier alpha value is -3.63. The van der Waals surface area contributed by atoms with Crippen molar-refractivity contribution >= 4 is 17.5 Å². The standard InChI is InChI=1S/C14H12FN7O3/c15-11-3-1-10(2-4-11)6-21-9-16-14(19-21)18-13(23)8-20-7-12(5-17-20)22(24)25/h1-5,7,9H,6,8H2,(H,18,19,23). The van der Waals surface area contributed by atoms with E-state index in [0.29, 0.717) is 6.54 Å². The van der Waals surface area contributed by atoms with Crippen LogP contribution in [0.3, 0.4) is 0 Å². The molecular formula is C14H12FN7O3. The molecule has 1 aromatic carbocycles. The van der Waals surface area contributed by atoms with Gasteiger partial charge in [0.2, 0.25) is 11.9 Å². The molecule has 0 saturated carbocycles. The summed E-state index contributed by atoms with van der Waals surface area (Å²) in [6, 6.07) is 5.94. The lowest BCUT2D eigenvalue weighted by Gasteiger charge is -2.02. The second kappa shape index (κ2) is 6.86. The number of hydrogen-bond acceptors (Lipinski definition) is 6. The second-order valence-electron chi connectivity index (χ2n) is 5.09. The molecule has 2 aromatic heterocycles. The van der Waals surface area contributed by atoms with Gasteiger partial charge in [0, 0.05) is 0 Å². The van der Waals surface area contributed by atoms with Gasteiger partial charge < -0.3 is 0 Å². The fourth-order valence-electron chi connectivity index (χ4n) is 2.05. The Labute approximate surface area is 140 Å². The minimum Gasteiger partial charge on any atom is -0.292 e. The van der Waals surface area contributed by atoms with E-state index >= 15 is 0 Å². The van der Waals surface area contributed by atoms with E-state index in [4.69, 9.17) is 0 Å². The van der Waals surface area contributed by atoms with Crippen LogP contribution in [0.15, 0.2) is 43.0 Å². The monoisotopic (exact) mass is 345 g/mol. The Balaban J connectivity index is 1.57. The summed E-state index contributed by atoms with van der Waals surface area (Å²) in [5.41, 5.74) is 0.627. The first kappa shape index (κ1) is 16.2. The zero-order valence-corrected chi connectivity index (χ0v) is 12.7. The van der Waals surface area contributed by atoms with Gasteiger partial charge in [-0.15, -0.1) is 5.10 Å². The molecular weight excluding hydrogens is 333 g/mol. The fourth-order valence-corrected chi connectivity index (χ4v) is 2.05. The number of anilines is 1. The average Bonchev–Trinajstić information content (AvgIpc) is 3.19. The predicted molar refractivity (Wildman–Crippen MR) is 83.0 cm³/mol. The first-order valence-electron chi connectivity index (χ1n) is 7.10. The van der Waals surface area contributed by atoms with Gasteiger partial charge in [-0.25, -0.2) is 14.1 Å². The fraction of sp³-hybridized carbons (Fsp3) is 0.143. The molecule has 0 aliphatic rings. The summed E-state index contributed by atoms with van der Waals surface area (Å²) in [5, 5.41) is 20.9. The highest BCUT2D eigenvalue weighted by molar-refractivity contribution is 5.88. The van der Waals surface area contributed by atoms with Crippen molar-refractivity contribution < 1.29 is 14.1 Å². The maximum atomic E-state index is 12.9. The van der Waals surface area contributed by atoms with Gasteiger partial charge in [0.05, 0.1) is 11.5 Å². The number of amides is 1. The van der Waals surface area contributed by atoms with Crippen LogP contribution in [0.4, 0.5) is 16.0 Å². The van der Waals surface area contributed by atoms with Crippen molar-refractivity contribution in [2.75, 3.05) is 5.32 Å². The maximum Gasteiger partial charge on any atom is 0.307 e. The van der Waals surface area contributed by atoms with Crippen LogP contribution in [0.2, 0.25) is 0 Å². The molecule has 3 aromatic rings. The van der Waals surface area contributed by atoms with E-state index < -0.39 is 10.8 Å². The molecule has 3 rings (SSSR count). The molecule has 1 N–H and O–H groups in total. The zero-order valence-electron chi connectivity index (χ0n) is 12.7. The van der Waals surface area contributed by atoms with E-state index in [1.165, 1.54) is 23.1 Å². The van der Waals surface area contributed by atoms with Gasteiger partial charge in [-0.2, -0.15) is 5.10 Å². The Morgan fingerprint density at radius 1 is 1.28 bits per heavy atom. The minimum absolute atomic E-state index is 0.0915. The van der Waals surface area contributed by atoms with Crippen molar-refractivity contribution in [3.63, 3.8) is 0 Å². The first-order chi connectivity index (χ1) is 12.0. The van der Waals surface area contributed by atoms with Crippen LogP contribution >= 0.6 is 0 Å². The molecule has 0 saturated heterocycles. The summed E-state index contributed by atoms with van der Waals surface area (Å²) < 4.78 is 15.5. The number of carbonyl (C=O) groups excluding carboxylic acids is 1. The lowest BCUT2D eigenvalue weighted by atomic mass is 10.2. The van der Waals surface area contributed by atoms with Crippen LogP contribution in [0.1, 0.15) is 5.56 Å². The minimum atomic E-state index is -0.597. The number of nitro groups is 1. The van der Waals surface area contributed by atoms with Gasteiger partial charge in [0.15, 0.2) is 0 Å². The molecule has 0 unspecified atom stereocenters. The Morgan fingerprint density at radius 3 is 2.72 bits per heavy atom. The highest BCUT2D eigenvalue weighted by Gasteiger charge is 2.12. The van der Waals surface area contributed by atoms with E-state index in [9.17, 15) is 19.3 Å². The van der Waals surface area contributed by atoms with Crippen LogP contribution in [0.5, 0.6) is 0 Å². The highest BCUT2D eigenvalue weighted by Crippen LogP contribution is 2.08. The summed E-state index contributed by atoms with van der Waals surface area (Å²) in [6.07, 6.45) is 3.64. The van der Waals surface area contributed by atoms with E-state index in [2.05, 4.69) is 20.5 Å². The van der Waals surface area contributed by atoms with Gasteiger partial charge >= 0.3 is 5.69 Å². The maximum absolute atomic E-state index is 12.9. The van der Waals surface area contributed by atoms with E-state index in [-0.39, 0.29) is 24.0 Å². The molecule has 0 spiro atoms. The van der Waals surface area contributed by atoms with E-state index in [1.54, 1.807) is 12.1 Å². The highest BCUT2D eigenvalue weighted by atomic mass is 19.1. The Bertz CT molecular complexity index is 903. The van der Waals surface area contributed by atoms with Crippen molar-refractivity contribution in [2.45, 2.75) is 13.1 Å². The van der Waals surface area contributed by atoms with Crippen LogP contribution in [-0.4, -0.2) is 35.4 Å². The molecule has 128 valence electrons. The number of nitrogens with one attached hydrogen (secondary N) is 1. The molecule has 1 amide bonds. The Morgan fingerprint density at radius 2 is 2.04 bits per heavy atom. The molecule has 0 atom stereocenters. The van der Waals surface area contributed by atoms with E-state index in [0.717, 1.165) is 22.6 Å². The lowest BCUT2D eigenvalue weighted by Crippen LogP contribution is -2.20. The zero-order chi connectivity index (χ0) is 17.8. The summed E-state index contributed by atoms with van der Waals surface area (Å²) in [5.74, 6) is -0.708. The van der Waals surface area contributed by atoms with Crippen molar-refractivity contribution in [1.29, 1.82) is 0 Å². The van der Waals surface area contributed by atoms with Gasteiger partial charge in [-0.1, -0.05) is 12.1 Å². The van der Waals surface area contributed by atoms with Crippen molar-refractivity contribution in [1.82, 2.24) is 24.5 Å². The predicted octanol–water partition coefficient (Wildman–Crippen LogP) is 1.21. The molecule has 0 bridgehead atoms. The van der Waals surface area contributed by atoms with Crippen molar-refractivity contribution in [3.05, 3.63) is 64.5 Å². The number of benzene rings is 1. The van der Waals surface area contributed by atoms with Gasteiger partial charge in [-0.05, 0) is 17.7 Å². The molecule has 0 aliphatic carbocycles. The molecule has 0 radical (unpaired) electrons. The largest absolute Gasteiger partial charge is 0.307 e. The first-order valence-corrected chi connectivity index (χ1v) is 7.10. The van der Waals surface area contributed by atoms with Crippen molar-refractivity contribution in [3.8, 4) is 0 Å². The van der Waals surface area contributed by atoms with Gasteiger partial charge in [0.1, 0.15) is 31.1 Å². The number of halogens is 1. The van der Waals surface area contributed by atoms with Crippen LogP contribution in [0.25, 0.3) is 0 Å². The molecule has 10 nitrogen and oxygen atoms in total. The number of rotatable bonds is 6. The normalized spacial score (nSPS) is 10.6. The third kappa shape index (κ3) is 4.22. The second-order valence-corrected chi connectivity index (χ2v) is 5.09. The number of nitrogens with zero attached hydrogens (tertiary/aromatic N) is 6. The van der Waals surface area contributed by atoms with Crippen LogP contribution in [0, 0.1) is 15.9 Å². The number of carbonyl (C=O) groups is 1. The third-order valence-corrected chi connectivity index (χ3v) is 3.18. The number of hydrogen-bond donors (Lipinski definition) is 1. The third-order valence-electron chi connectivity index (χ3n) is 3.18. The number of aromatic nitrogens is 5. The quantitative estimate of drug-likeness (QED) is 0.529. The smallest absolute Gasteiger partial charge is 0.292 e. The SMILES string of the molecule is O=C(Cn1cc([N+](=O)[O-])cn1)Nc1ncn(Cc2ccc(F)cc2)n1. The van der Waals surface area contributed by atoms with Crippen LogP contribution < -0.4 is 5.32 Å². The van der Waals surface area contributed by atoms with Gasteiger partial charge in [-0.3, -0.25) is 24.9 Å². The summed E-state index contributed by atoms with van der Waals surface area (Å²) in [6.45, 7) is 0.162. The molecule has 25 heavy (non-hydrogen) atoms. The lowest BCUT2D eigenvalue weighted by molar-refractivity contribution is -0.385. The van der Waals surface area contributed by atoms with Crippen molar-refractivity contribution in [2.24, 2.45) is 0 Å². The summed E-state index contributed by atoms with van der Waals surface area (Å²) >= 11 is 0. The van der Waals surface area contributed by atoms with E-state index in [1.807, 2.05) is 0 Å². The molecule has 2 heterocycles. The summed E-state index contributed by atoms with van der Waals surface area (Å²) in [4.78, 5) is 25.8. The van der Waals surface area contributed by atoms with Crippen LogP contribution in [-0.2, 0) is 17.9 Å². The van der Waals surface area contributed by atoms with Gasteiger partial charge in [0.25, 0.3) is 0 Å².